The zero-order valence-corrected chi connectivity index (χ0v) is 13.0. The Morgan fingerprint density at radius 1 is 1.41 bits per heavy atom. The first-order valence-corrected chi connectivity index (χ1v) is 7.15. The SMILES string of the molecule is CCC(C)n1nc(OCc2ccccc2OC)c(C#N)c1N. The largest absolute Gasteiger partial charge is 0.496 e. The minimum atomic E-state index is 0.107. The van der Waals surface area contributed by atoms with Gasteiger partial charge in [-0.25, -0.2) is 4.68 Å². The molecule has 0 aliphatic heterocycles. The van der Waals surface area contributed by atoms with Gasteiger partial charge in [-0.1, -0.05) is 25.1 Å². The molecule has 1 aromatic heterocycles. The fourth-order valence-electron chi connectivity index (χ4n) is 2.11. The maximum atomic E-state index is 9.28. The molecule has 1 atom stereocenters. The lowest BCUT2D eigenvalue weighted by Gasteiger charge is -2.10. The Kier molecular flexibility index (Phi) is 4.89. The van der Waals surface area contributed by atoms with Crippen LogP contribution in [0.2, 0.25) is 0 Å². The summed E-state index contributed by atoms with van der Waals surface area (Å²) < 4.78 is 12.6. The molecule has 0 radical (unpaired) electrons. The van der Waals surface area contributed by atoms with E-state index in [1.54, 1.807) is 11.8 Å². The summed E-state index contributed by atoms with van der Waals surface area (Å²) in [6.07, 6.45) is 0.864. The van der Waals surface area contributed by atoms with Crippen molar-refractivity contribution in [2.75, 3.05) is 12.8 Å². The van der Waals surface area contributed by atoms with E-state index in [9.17, 15) is 5.26 Å². The highest BCUT2D eigenvalue weighted by Crippen LogP contribution is 2.28. The highest BCUT2D eigenvalue weighted by atomic mass is 16.5. The normalized spacial score (nSPS) is 11.7. The summed E-state index contributed by atoms with van der Waals surface area (Å²) in [5.74, 6) is 1.33. The van der Waals surface area contributed by atoms with Crippen LogP contribution < -0.4 is 15.2 Å². The van der Waals surface area contributed by atoms with Gasteiger partial charge >= 0.3 is 0 Å². The number of hydrogen-bond acceptors (Lipinski definition) is 5. The predicted molar refractivity (Wildman–Crippen MR) is 83.7 cm³/mol. The molecule has 2 rings (SSSR count). The second-order valence-corrected chi connectivity index (χ2v) is 4.98. The van der Waals surface area contributed by atoms with Crippen molar-refractivity contribution < 1.29 is 9.47 Å². The van der Waals surface area contributed by atoms with Crippen molar-refractivity contribution >= 4 is 5.82 Å². The van der Waals surface area contributed by atoms with Gasteiger partial charge in [0.15, 0.2) is 5.56 Å². The number of ether oxygens (including phenoxy) is 2. The number of rotatable bonds is 6. The van der Waals surface area contributed by atoms with Crippen LogP contribution in [0.3, 0.4) is 0 Å². The zero-order valence-electron chi connectivity index (χ0n) is 13.0. The smallest absolute Gasteiger partial charge is 0.253 e. The number of nitrogens with two attached hydrogens (primary N) is 1. The summed E-state index contributed by atoms with van der Waals surface area (Å²) in [6, 6.07) is 9.72. The summed E-state index contributed by atoms with van der Waals surface area (Å²) in [5.41, 5.74) is 7.14. The number of methoxy groups -OCH3 is 1. The second-order valence-electron chi connectivity index (χ2n) is 4.98. The lowest BCUT2D eigenvalue weighted by Crippen LogP contribution is -2.09. The van der Waals surface area contributed by atoms with Crippen LogP contribution in [-0.4, -0.2) is 16.9 Å². The van der Waals surface area contributed by atoms with E-state index in [0.29, 0.717) is 5.82 Å². The highest BCUT2D eigenvalue weighted by Gasteiger charge is 2.19. The van der Waals surface area contributed by atoms with Crippen molar-refractivity contribution in [2.45, 2.75) is 32.9 Å². The maximum Gasteiger partial charge on any atom is 0.253 e. The molecule has 1 heterocycles. The lowest BCUT2D eigenvalue weighted by molar-refractivity contribution is 0.279. The van der Waals surface area contributed by atoms with Gasteiger partial charge in [0, 0.05) is 5.56 Å². The molecule has 1 aromatic carbocycles. The lowest BCUT2D eigenvalue weighted by atomic mass is 10.2. The van der Waals surface area contributed by atoms with Crippen molar-refractivity contribution in [3.05, 3.63) is 35.4 Å². The number of benzene rings is 1. The zero-order chi connectivity index (χ0) is 16.1. The molecule has 1 unspecified atom stereocenters. The van der Waals surface area contributed by atoms with E-state index in [1.165, 1.54) is 0 Å². The third kappa shape index (κ3) is 2.98. The topological polar surface area (TPSA) is 86.1 Å². The molecule has 22 heavy (non-hydrogen) atoms. The third-order valence-corrected chi connectivity index (χ3v) is 3.59. The average molecular weight is 300 g/mol. The Labute approximate surface area is 130 Å². The van der Waals surface area contributed by atoms with Crippen LogP contribution >= 0.6 is 0 Å². The number of nitriles is 1. The molecule has 0 spiro atoms. The average Bonchev–Trinajstić information content (AvgIpc) is 2.88. The molecule has 6 nitrogen and oxygen atoms in total. The molecule has 116 valence electrons. The second kappa shape index (κ2) is 6.85. The van der Waals surface area contributed by atoms with Gasteiger partial charge in [0.05, 0.1) is 13.2 Å². The first-order chi connectivity index (χ1) is 10.6. The molecular weight excluding hydrogens is 280 g/mol. The van der Waals surface area contributed by atoms with Crippen LogP contribution in [0.1, 0.15) is 37.4 Å². The van der Waals surface area contributed by atoms with Crippen LogP contribution in [0.25, 0.3) is 0 Å². The highest BCUT2D eigenvalue weighted by molar-refractivity contribution is 5.55. The van der Waals surface area contributed by atoms with Crippen molar-refractivity contribution in [1.82, 2.24) is 9.78 Å². The number of aromatic nitrogens is 2. The number of para-hydroxylation sites is 1. The van der Waals surface area contributed by atoms with Crippen molar-refractivity contribution in [1.29, 1.82) is 5.26 Å². The Balaban J connectivity index is 2.25. The molecule has 0 saturated carbocycles. The minimum Gasteiger partial charge on any atom is -0.496 e. The molecule has 0 aliphatic carbocycles. The van der Waals surface area contributed by atoms with Crippen LogP contribution in [0.15, 0.2) is 24.3 Å². The summed E-state index contributed by atoms with van der Waals surface area (Å²) in [4.78, 5) is 0. The van der Waals surface area contributed by atoms with E-state index in [2.05, 4.69) is 11.2 Å². The van der Waals surface area contributed by atoms with Crippen molar-refractivity contribution in [3.8, 4) is 17.7 Å². The van der Waals surface area contributed by atoms with Crippen LogP contribution in [-0.2, 0) is 6.61 Å². The van der Waals surface area contributed by atoms with E-state index in [4.69, 9.17) is 15.2 Å². The minimum absolute atomic E-state index is 0.107. The summed E-state index contributed by atoms with van der Waals surface area (Å²) >= 11 is 0. The summed E-state index contributed by atoms with van der Waals surface area (Å²) in [5, 5.41) is 13.6. The Hall–Kier alpha value is -2.68. The van der Waals surface area contributed by atoms with Gasteiger partial charge in [-0.05, 0) is 19.4 Å². The molecule has 0 aliphatic rings. The Morgan fingerprint density at radius 2 is 2.14 bits per heavy atom. The van der Waals surface area contributed by atoms with Gasteiger partial charge in [0.25, 0.3) is 5.88 Å². The third-order valence-electron chi connectivity index (χ3n) is 3.59. The molecule has 2 N–H and O–H groups in total. The van der Waals surface area contributed by atoms with Crippen molar-refractivity contribution in [3.63, 3.8) is 0 Å². The number of nitrogen functional groups attached to an aromatic ring is 1. The number of anilines is 1. The summed E-state index contributed by atoms with van der Waals surface area (Å²) in [7, 11) is 1.61. The Morgan fingerprint density at radius 3 is 2.77 bits per heavy atom. The standard InChI is InChI=1S/C16H20N4O2/c1-4-11(2)20-15(18)13(9-17)16(19-20)22-10-12-7-5-6-8-14(12)21-3/h5-8,11H,4,10,18H2,1-3H3. The van der Waals surface area contributed by atoms with Crippen molar-refractivity contribution in [2.24, 2.45) is 0 Å². The van der Waals surface area contributed by atoms with Gasteiger partial charge in [-0.3, -0.25) is 0 Å². The van der Waals surface area contributed by atoms with Gasteiger partial charge in [-0.2, -0.15) is 5.26 Å². The molecule has 2 aromatic rings. The predicted octanol–water partition coefficient (Wildman–Crippen LogP) is 2.90. The fourth-order valence-corrected chi connectivity index (χ4v) is 2.11. The van der Waals surface area contributed by atoms with E-state index in [-0.39, 0.29) is 24.1 Å². The first kappa shape index (κ1) is 15.7. The summed E-state index contributed by atoms with van der Waals surface area (Å²) in [6.45, 7) is 4.29. The van der Waals surface area contributed by atoms with Crippen LogP contribution in [0.4, 0.5) is 5.82 Å². The molecular formula is C16H20N4O2. The van der Waals surface area contributed by atoms with E-state index in [1.807, 2.05) is 38.1 Å². The maximum absolute atomic E-state index is 9.28. The molecule has 0 bridgehead atoms. The molecule has 0 saturated heterocycles. The molecule has 0 amide bonds. The van der Waals surface area contributed by atoms with E-state index in [0.717, 1.165) is 17.7 Å². The van der Waals surface area contributed by atoms with Gasteiger partial charge < -0.3 is 15.2 Å². The van der Waals surface area contributed by atoms with E-state index < -0.39 is 0 Å². The molecule has 0 fully saturated rings. The van der Waals surface area contributed by atoms with Crippen LogP contribution in [0, 0.1) is 11.3 Å². The monoisotopic (exact) mass is 300 g/mol. The molecule has 6 heteroatoms. The quantitative estimate of drug-likeness (QED) is 0.886. The van der Waals surface area contributed by atoms with E-state index >= 15 is 0 Å². The number of hydrogen-bond donors (Lipinski definition) is 1. The van der Waals surface area contributed by atoms with Gasteiger partial charge in [0.1, 0.15) is 24.2 Å². The van der Waals surface area contributed by atoms with Crippen LogP contribution in [0.5, 0.6) is 11.6 Å². The van der Waals surface area contributed by atoms with Gasteiger partial charge in [0.2, 0.25) is 0 Å². The first-order valence-electron chi connectivity index (χ1n) is 7.15. The Bertz CT molecular complexity index is 688. The fraction of sp³-hybridized carbons (Fsp3) is 0.375. The number of nitrogens with zero attached hydrogens (tertiary/aromatic N) is 3. The van der Waals surface area contributed by atoms with Gasteiger partial charge in [-0.15, -0.1) is 5.10 Å².